The van der Waals surface area contributed by atoms with Crippen LogP contribution < -0.4 is 0 Å². The minimum atomic E-state index is -1.61. The van der Waals surface area contributed by atoms with Gasteiger partial charge in [0.05, 0.1) is 5.56 Å². The van der Waals surface area contributed by atoms with Crippen LogP contribution in [0.5, 0.6) is 97.7 Å². The molecule has 0 bridgehead atoms. The van der Waals surface area contributed by atoms with E-state index < -0.39 is 147 Å². The van der Waals surface area contributed by atoms with Gasteiger partial charge in [-0.25, -0.2) is 0 Å². The maximum Gasteiger partial charge on any atom is 0.208 e. The first-order valence-corrected chi connectivity index (χ1v) is 17.2. The van der Waals surface area contributed by atoms with Crippen molar-refractivity contribution in [2.24, 2.45) is 0 Å². The highest BCUT2D eigenvalue weighted by Crippen LogP contribution is 2.67. The van der Waals surface area contributed by atoms with Crippen LogP contribution in [0.4, 0.5) is 0 Å². The number of hydrogen-bond acceptors (Lipinski definition) is 18. The Morgan fingerprint density at radius 2 is 0.617 bits per heavy atom. The van der Waals surface area contributed by atoms with Crippen molar-refractivity contribution in [3.8, 4) is 131 Å². The highest BCUT2D eigenvalue weighted by molar-refractivity contribution is 6.31. The number of phenols is 17. The summed E-state index contributed by atoms with van der Waals surface area (Å²) < 4.78 is 6.09. The first kappa shape index (κ1) is 36.6. The lowest BCUT2D eigenvalue weighted by molar-refractivity contribution is 0.329. The van der Waals surface area contributed by atoms with Crippen LogP contribution in [-0.4, -0.2) is 86.8 Å². The largest absolute Gasteiger partial charge is 0.504 e. The van der Waals surface area contributed by atoms with Crippen molar-refractivity contribution in [1.82, 2.24) is 0 Å². The fraction of sp³-hybridized carbons (Fsp3) is 0. The maximum atomic E-state index is 11.7. The summed E-state index contributed by atoms with van der Waals surface area (Å²) >= 11 is 0. The van der Waals surface area contributed by atoms with Crippen LogP contribution in [0.15, 0.2) is 59.0 Å². The standard InChI is InChI=1S/C42H26O18/c43-26-19-17(12-5-6-15-13(8-12)14-7-10-3-1-2-4-11(10)9-16(14)60-15)20-22(29(46)37(54)35(52)27(20)44)18(21(19)28(45)36(53)34(26)51)23-24(31(48)39(56)38(55)30(23)47)25-32(49)40(57)42(59)41(58)33(25)50/h1-9,43-59H. The summed E-state index contributed by atoms with van der Waals surface area (Å²) in [7, 11) is 0. The van der Waals surface area contributed by atoms with Gasteiger partial charge >= 0.3 is 0 Å². The number of rotatable bonds is 3. The average molecular weight is 819 g/mol. The molecule has 0 aliphatic rings. The minimum absolute atomic E-state index is 0.0657. The lowest BCUT2D eigenvalue weighted by Gasteiger charge is -2.25. The molecule has 18 nitrogen and oxygen atoms in total. The summed E-state index contributed by atoms with van der Waals surface area (Å²) in [6, 6.07) is 15.1. The third-order valence-electron chi connectivity index (χ3n) is 10.7. The van der Waals surface area contributed by atoms with Crippen LogP contribution in [0, 0.1) is 0 Å². The van der Waals surface area contributed by atoms with Crippen molar-refractivity contribution < 1.29 is 91.2 Å². The van der Waals surface area contributed by atoms with Crippen LogP contribution in [-0.2, 0) is 0 Å². The molecular formula is C42H26O18. The van der Waals surface area contributed by atoms with Crippen molar-refractivity contribution in [3.05, 3.63) is 54.6 Å². The molecule has 0 spiro atoms. The van der Waals surface area contributed by atoms with Crippen LogP contribution in [0.1, 0.15) is 0 Å². The van der Waals surface area contributed by atoms with Gasteiger partial charge in [0.15, 0.2) is 46.0 Å². The molecule has 9 aromatic rings. The summed E-state index contributed by atoms with van der Waals surface area (Å²) in [5.41, 5.74) is -4.84. The van der Waals surface area contributed by atoms with E-state index >= 15 is 0 Å². The zero-order valence-corrected chi connectivity index (χ0v) is 29.7. The fourth-order valence-corrected chi connectivity index (χ4v) is 7.88. The molecule has 0 amide bonds. The van der Waals surface area contributed by atoms with Crippen molar-refractivity contribution in [2.45, 2.75) is 0 Å². The van der Waals surface area contributed by atoms with E-state index in [0.29, 0.717) is 21.9 Å². The normalized spacial score (nSPS) is 11.8. The summed E-state index contributed by atoms with van der Waals surface area (Å²) in [5, 5.41) is 188. The predicted molar refractivity (Wildman–Crippen MR) is 211 cm³/mol. The van der Waals surface area contributed by atoms with E-state index in [-0.39, 0.29) is 5.56 Å². The summed E-state index contributed by atoms with van der Waals surface area (Å²) in [6.07, 6.45) is 0. The lowest BCUT2D eigenvalue weighted by atomic mass is 9.80. The van der Waals surface area contributed by atoms with Crippen LogP contribution in [0.25, 0.3) is 87.6 Å². The zero-order valence-electron chi connectivity index (χ0n) is 29.7. The van der Waals surface area contributed by atoms with Gasteiger partial charge in [-0.2, -0.15) is 0 Å². The van der Waals surface area contributed by atoms with Crippen molar-refractivity contribution in [2.75, 3.05) is 0 Å². The molecule has 0 fully saturated rings. The molecule has 1 heterocycles. The third-order valence-corrected chi connectivity index (χ3v) is 10.7. The van der Waals surface area contributed by atoms with Gasteiger partial charge in [-0.1, -0.05) is 30.3 Å². The molecule has 0 aliphatic heterocycles. The second-order valence-electron chi connectivity index (χ2n) is 13.8. The van der Waals surface area contributed by atoms with E-state index in [0.717, 1.165) is 10.8 Å². The van der Waals surface area contributed by atoms with E-state index in [9.17, 15) is 86.8 Å². The first-order valence-electron chi connectivity index (χ1n) is 17.2. The molecule has 302 valence electrons. The molecule has 0 radical (unpaired) electrons. The first-order chi connectivity index (χ1) is 28.4. The number of aromatic hydroxyl groups is 17. The molecule has 17 N–H and O–H groups in total. The molecule has 8 aromatic carbocycles. The van der Waals surface area contributed by atoms with E-state index in [1.165, 1.54) is 18.2 Å². The second kappa shape index (κ2) is 12.0. The molecule has 0 saturated carbocycles. The second-order valence-corrected chi connectivity index (χ2v) is 13.8. The highest BCUT2D eigenvalue weighted by Gasteiger charge is 2.38. The van der Waals surface area contributed by atoms with Crippen molar-refractivity contribution >= 4 is 54.3 Å². The number of phenolic OH excluding ortho intramolecular Hbond substituents is 17. The van der Waals surface area contributed by atoms with E-state index in [1.807, 2.05) is 24.3 Å². The molecule has 0 atom stereocenters. The summed E-state index contributed by atoms with van der Waals surface area (Å²) in [6.45, 7) is 0. The molecular weight excluding hydrogens is 792 g/mol. The Morgan fingerprint density at radius 1 is 0.267 bits per heavy atom. The van der Waals surface area contributed by atoms with Gasteiger partial charge in [-0.3, -0.25) is 0 Å². The van der Waals surface area contributed by atoms with Crippen LogP contribution >= 0.6 is 0 Å². The van der Waals surface area contributed by atoms with Crippen molar-refractivity contribution in [3.63, 3.8) is 0 Å². The lowest BCUT2D eigenvalue weighted by Crippen LogP contribution is -1.97. The maximum absolute atomic E-state index is 11.7. The molecule has 18 heteroatoms. The van der Waals surface area contributed by atoms with Crippen LogP contribution in [0.2, 0.25) is 0 Å². The van der Waals surface area contributed by atoms with Gasteiger partial charge in [-0.05, 0) is 40.6 Å². The molecule has 60 heavy (non-hydrogen) atoms. The minimum Gasteiger partial charge on any atom is -0.504 e. The number of furan rings is 1. The molecule has 9 rings (SSSR count). The van der Waals surface area contributed by atoms with Gasteiger partial charge in [0.2, 0.25) is 51.7 Å². The predicted octanol–water partition coefficient (Wildman–Crippen LogP) is 7.04. The number of fused-ring (bicyclic) bond motifs is 6. The average Bonchev–Trinajstić information content (AvgIpc) is 3.60. The Balaban J connectivity index is 1.57. The monoisotopic (exact) mass is 818 g/mol. The molecule has 1 aromatic heterocycles. The molecule has 0 unspecified atom stereocenters. The third kappa shape index (κ3) is 4.45. The van der Waals surface area contributed by atoms with Gasteiger partial charge in [0, 0.05) is 54.6 Å². The quantitative estimate of drug-likeness (QED) is 0.0482. The Morgan fingerprint density at radius 3 is 1.08 bits per heavy atom. The van der Waals surface area contributed by atoms with Gasteiger partial charge in [0.1, 0.15) is 11.2 Å². The summed E-state index contributed by atoms with van der Waals surface area (Å²) in [5.74, 6) is -25.4. The van der Waals surface area contributed by atoms with Gasteiger partial charge in [0.25, 0.3) is 0 Å². The van der Waals surface area contributed by atoms with E-state index in [2.05, 4.69) is 0 Å². The summed E-state index contributed by atoms with van der Waals surface area (Å²) in [4.78, 5) is 0. The Hall–Kier alpha value is -9.06. The van der Waals surface area contributed by atoms with Gasteiger partial charge < -0.3 is 91.2 Å². The number of benzene rings is 8. The Labute approximate surface area is 330 Å². The number of hydrogen-bond donors (Lipinski definition) is 17. The highest BCUT2D eigenvalue weighted by atomic mass is 16.4. The molecule has 0 aliphatic carbocycles. The van der Waals surface area contributed by atoms with Crippen molar-refractivity contribution in [1.29, 1.82) is 0 Å². The zero-order chi connectivity index (χ0) is 43.1. The van der Waals surface area contributed by atoms with Gasteiger partial charge in [-0.15, -0.1) is 0 Å². The molecule has 0 saturated heterocycles. The van der Waals surface area contributed by atoms with E-state index in [4.69, 9.17) is 4.42 Å². The Kier molecular flexibility index (Phi) is 7.30. The Bertz CT molecular complexity index is 3350. The smallest absolute Gasteiger partial charge is 0.208 e. The SMILES string of the molecule is Oc1c(O)c(O)c(-c2c(O)c(O)c(O)c(O)c2-c2c3c(O)c(O)c(O)c(O)c3c(-c3ccc4oc5cc6ccccc6cc5c4c3)c3c(O)c(O)c(O)c(O)c23)c(O)c1O. The topological polar surface area (TPSA) is 357 Å². The van der Waals surface area contributed by atoms with Crippen LogP contribution in [0.3, 0.4) is 0 Å². The van der Waals surface area contributed by atoms with E-state index in [1.54, 1.807) is 12.1 Å². The fourth-order valence-electron chi connectivity index (χ4n) is 7.88.